The Balaban J connectivity index is 2.07. The maximum absolute atomic E-state index is 13.9. The molecule has 10 nitrogen and oxygen atoms in total. The van der Waals surface area contributed by atoms with E-state index in [0.29, 0.717) is 17.1 Å². The number of anilines is 1. The van der Waals surface area contributed by atoms with E-state index in [1.807, 2.05) is 0 Å². The van der Waals surface area contributed by atoms with Crippen molar-refractivity contribution in [2.75, 3.05) is 39.2 Å². The van der Waals surface area contributed by atoms with Gasteiger partial charge >= 0.3 is 0 Å². The van der Waals surface area contributed by atoms with Gasteiger partial charge in [-0.15, -0.1) is 0 Å². The van der Waals surface area contributed by atoms with Crippen molar-refractivity contribution in [3.05, 3.63) is 78.4 Å². The molecular weight excluding hydrogens is 522 g/mol. The summed E-state index contributed by atoms with van der Waals surface area (Å²) in [6.07, 6.45) is 0. The first-order valence-electron chi connectivity index (χ1n) is 12.1. The quantitative estimate of drug-likeness (QED) is 0.365. The minimum absolute atomic E-state index is 0.0410. The van der Waals surface area contributed by atoms with Crippen LogP contribution in [0.3, 0.4) is 0 Å². The number of carbonyl (C=O) groups is 2. The minimum atomic E-state index is -4.25. The van der Waals surface area contributed by atoms with Crippen LogP contribution in [0, 0.1) is 0 Å². The minimum Gasteiger partial charge on any atom is -0.497 e. The van der Waals surface area contributed by atoms with Crippen LogP contribution in [0.1, 0.15) is 12.5 Å². The van der Waals surface area contributed by atoms with Crippen molar-refractivity contribution in [1.29, 1.82) is 0 Å². The van der Waals surface area contributed by atoms with E-state index in [4.69, 9.17) is 14.2 Å². The Morgan fingerprint density at radius 2 is 1.54 bits per heavy atom. The highest BCUT2D eigenvalue weighted by Crippen LogP contribution is 2.33. The number of hydrogen-bond donors (Lipinski definition) is 1. The van der Waals surface area contributed by atoms with Crippen molar-refractivity contribution < 1.29 is 32.2 Å². The van der Waals surface area contributed by atoms with E-state index in [2.05, 4.69) is 5.32 Å². The lowest BCUT2D eigenvalue weighted by atomic mass is 10.1. The molecule has 0 fully saturated rings. The van der Waals surface area contributed by atoms with E-state index in [1.165, 1.54) is 57.5 Å². The van der Waals surface area contributed by atoms with Gasteiger partial charge in [0, 0.05) is 13.6 Å². The fourth-order valence-electron chi connectivity index (χ4n) is 3.98. The third kappa shape index (κ3) is 6.80. The fourth-order valence-corrected chi connectivity index (χ4v) is 5.41. The molecule has 39 heavy (non-hydrogen) atoms. The molecule has 3 aromatic carbocycles. The van der Waals surface area contributed by atoms with E-state index >= 15 is 0 Å². The SMILES string of the molecule is CNC(=O)[C@@H](C)N(Cc1cccc(OC)c1)C(=O)CN(c1ccccc1OC)S(=O)(=O)c1ccc(OC)cc1. The monoisotopic (exact) mass is 555 g/mol. The highest BCUT2D eigenvalue weighted by molar-refractivity contribution is 7.92. The second kappa shape index (κ2) is 13.0. The van der Waals surface area contributed by atoms with Crippen LogP contribution in [0.15, 0.2) is 77.7 Å². The second-order valence-electron chi connectivity index (χ2n) is 8.52. The molecule has 3 aromatic rings. The number of ether oxygens (including phenoxy) is 3. The summed E-state index contributed by atoms with van der Waals surface area (Å²) in [5.74, 6) is 0.356. The number of methoxy groups -OCH3 is 3. The molecule has 0 aliphatic rings. The number of sulfonamides is 1. The summed E-state index contributed by atoms with van der Waals surface area (Å²) in [6.45, 7) is 1.05. The molecule has 0 radical (unpaired) electrons. The van der Waals surface area contributed by atoms with Crippen LogP contribution < -0.4 is 23.8 Å². The second-order valence-corrected chi connectivity index (χ2v) is 10.4. The first kappa shape index (κ1) is 29.3. The maximum Gasteiger partial charge on any atom is 0.264 e. The molecule has 0 spiro atoms. The van der Waals surface area contributed by atoms with Crippen molar-refractivity contribution in [3.8, 4) is 17.2 Å². The standard InChI is InChI=1S/C28H33N3O7S/c1-20(28(33)29-2)30(18-21-9-8-10-23(17-21)37-4)27(32)19-31(25-11-6-7-12-26(25)38-5)39(34,35)24-15-13-22(36-3)14-16-24/h6-17,20H,18-19H2,1-5H3,(H,29,33)/t20-/m1/s1. The molecule has 0 aliphatic heterocycles. The van der Waals surface area contributed by atoms with Crippen molar-refractivity contribution in [2.24, 2.45) is 0 Å². The third-order valence-electron chi connectivity index (χ3n) is 6.18. The Labute approximate surface area is 229 Å². The number of hydrogen-bond acceptors (Lipinski definition) is 7. The molecule has 0 saturated carbocycles. The maximum atomic E-state index is 13.9. The Bertz CT molecular complexity index is 1390. The highest BCUT2D eigenvalue weighted by Gasteiger charge is 2.33. The molecule has 11 heteroatoms. The molecule has 0 unspecified atom stereocenters. The van der Waals surface area contributed by atoms with Crippen LogP contribution >= 0.6 is 0 Å². The lowest BCUT2D eigenvalue weighted by Gasteiger charge is -2.32. The van der Waals surface area contributed by atoms with Gasteiger partial charge in [-0.05, 0) is 61.0 Å². The molecule has 208 valence electrons. The van der Waals surface area contributed by atoms with E-state index in [-0.39, 0.29) is 22.9 Å². The Hall–Kier alpha value is -4.25. The average molecular weight is 556 g/mol. The zero-order valence-corrected chi connectivity index (χ0v) is 23.4. The lowest BCUT2D eigenvalue weighted by molar-refractivity contribution is -0.139. The smallest absolute Gasteiger partial charge is 0.264 e. The van der Waals surface area contributed by atoms with Gasteiger partial charge in [0.1, 0.15) is 29.8 Å². The molecule has 1 atom stereocenters. The zero-order valence-electron chi connectivity index (χ0n) is 22.6. The fraction of sp³-hybridized carbons (Fsp3) is 0.286. The molecule has 3 rings (SSSR count). The molecule has 1 N–H and O–H groups in total. The number of rotatable bonds is 12. The van der Waals surface area contributed by atoms with Gasteiger partial charge in [-0.25, -0.2) is 8.42 Å². The number of para-hydroxylation sites is 2. The number of nitrogens with zero attached hydrogens (tertiary/aromatic N) is 2. The Kier molecular flexibility index (Phi) is 9.78. The predicted molar refractivity (Wildman–Crippen MR) is 148 cm³/mol. The van der Waals surface area contributed by atoms with Crippen LogP contribution in [0.2, 0.25) is 0 Å². The molecule has 0 heterocycles. The number of nitrogens with one attached hydrogen (secondary N) is 1. The van der Waals surface area contributed by atoms with Crippen LogP contribution in [0.4, 0.5) is 5.69 Å². The van der Waals surface area contributed by atoms with E-state index in [1.54, 1.807) is 55.5 Å². The van der Waals surface area contributed by atoms with Gasteiger partial charge in [0.15, 0.2) is 0 Å². The molecular formula is C28H33N3O7S. The summed E-state index contributed by atoms with van der Waals surface area (Å²) in [4.78, 5) is 27.8. The molecule has 0 aliphatic carbocycles. The van der Waals surface area contributed by atoms with Crippen LogP contribution in [0.25, 0.3) is 0 Å². The topological polar surface area (TPSA) is 114 Å². The van der Waals surface area contributed by atoms with Crippen LogP contribution in [-0.2, 0) is 26.2 Å². The summed E-state index contributed by atoms with van der Waals surface area (Å²) >= 11 is 0. The predicted octanol–water partition coefficient (Wildman–Crippen LogP) is 3.07. The average Bonchev–Trinajstić information content (AvgIpc) is 2.97. The van der Waals surface area contributed by atoms with Crippen molar-refractivity contribution in [1.82, 2.24) is 10.2 Å². The molecule has 0 bridgehead atoms. The number of carbonyl (C=O) groups excluding carboxylic acids is 2. The lowest BCUT2D eigenvalue weighted by Crippen LogP contribution is -2.50. The summed E-state index contributed by atoms with van der Waals surface area (Å²) in [6, 6.07) is 18.6. The Morgan fingerprint density at radius 3 is 2.15 bits per heavy atom. The van der Waals surface area contributed by atoms with Gasteiger partial charge in [-0.2, -0.15) is 0 Å². The first-order valence-corrected chi connectivity index (χ1v) is 13.5. The normalized spacial score (nSPS) is 11.7. The summed E-state index contributed by atoms with van der Waals surface area (Å²) < 4.78 is 44.7. The van der Waals surface area contributed by atoms with Gasteiger partial charge in [-0.3, -0.25) is 13.9 Å². The number of likely N-dealkylation sites (N-methyl/N-ethyl adjacent to an activating group) is 1. The van der Waals surface area contributed by atoms with E-state index in [0.717, 1.165) is 4.31 Å². The summed E-state index contributed by atoms with van der Waals surface area (Å²) in [5, 5.41) is 2.56. The number of benzene rings is 3. The number of amides is 2. The summed E-state index contributed by atoms with van der Waals surface area (Å²) in [7, 11) is 1.66. The van der Waals surface area contributed by atoms with Crippen LogP contribution in [-0.4, -0.2) is 66.1 Å². The van der Waals surface area contributed by atoms with Crippen molar-refractivity contribution >= 4 is 27.5 Å². The largest absolute Gasteiger partial charge is 0.497 e. The van der Waals surface area contributed by atoms with Gasteiger partial charge in [0.25, 0.3) is 10.0 Å². The van der Waals surface area contributed by atoms with E-state index in [9.17, 15) is 18.0 Å². The van der Waals surface area contributed by atoms with Gasteiger partial charge in [0.05, 0.1) is 31.9 Å². The zero-order chi connectivity index (χ0) is 28.6. The first-order chi connectivity index (χ1) is 18.7. The van der Waals surface area contributed by atoms with Gasteiger partial charge in [0.2, 0.25) is 11.8 Å². The highest BCUT2D eigenvalue weighted by atomic mass is 32.2. The van der Waals surface area contributed by atoms with Gasteiger partial charge in [-0.1, -0.05) is 24.3 Å². The van der Waals surface area contributed by atoms with Crippen LogP contribution in [0.5, 0.6) is 17.2 Å². The molecule has 0 aromatic heterocycles. The van der Waals surface area contributed by atoms with Gasteiger partial charge < -0.3 is 24.4 Å². The van der Waals surface area contributed by atoms with Crippen molar-refractivity contribution in [2.45, 2.75) is 24.4 Å². The molecule has 0 saturated heterocycles. The van der Waals surface area contributed by atoms with E-state index < -0.39 is 34.4 Å². The third-order valence-corrected chi connectivity index (χ3v) is 7.95. The van der Waals surface area contributed by atoms with Crippen molar-refractivity contribution in [3.63, 3.8) is 0 Å². The summed E-state index contributed by atoms with van der Waals surface area (Å²) in [5.41, 5.74) is 0.887. The molecule has 2 amide bonds. The Morgan fingerprint density at radius 1 is 0.872 bits per heavy atom.